The molecule has 0 aliphatic heterocycles. The van der Waals surface area contributed by atoms with Crippen LogP contribution in [0.2, 0.25) is 0 Å². The van der Waals surface area contributed by atoms with Crippen molar-refractivity contribution >= 4 is 32.5 Å². The minimum Gasteiger partial charge on any atom is -0.489 e. The molecule has 7 heteroatoms. The number of thiazole rings is 1. The van der Waals surface area contributed by atoms with Crippen molar-refractivity contribution in [1.29, 1.82) is 0 Å². The molecule has 150 valence electrons. The maximum atomic E-state index is 14.0. The summed E-state index contributed by atoms with van der Waals surface area (Å²) in [5.74, 6) is -2.44. The molecule has 2 heterocycles. The van der Waals surface area contributed by atoms with Crippen LogP contribution in [-0.4, -0.2) is 9.97 Å². The van der Waals surface area contributed by atoms with E-state index in [1.54, 1.807) is 0 Å². The molecule has 5 aromatic rings. The number of nitrogens with zero attached hydrogens (tertiary/aromatic N) is 1. The van der Waals surface area contributed by atoms with E-state index >= 15 is 0 Å². The van der Waals surface area contributed by atoms with Crippen molar-refractivity contribution < 1.29 is 17.9 Å². The molecule has 3 nitrogen and oxygen atoms in total. The van der Waals surface area contributed by atoms with Crippen LogP contribution in [0.3, 0.4) is 0 Å². The van der Waals surface area contributed by atoms with Crippen LogP contribution >= 0.6 is 11.3 Å². The first-order chi connectivity index (χ1) is 14.6. The molecular weight excluding hydrogens is 409 g/mol. The Morgan fingerprint density at radius 2 is 1.80 bits per heavy atom. The Balaban J connectivity index is 1.44. The smallest absolute Gasteiger partial charge is 0.186 e. The van der Waals surface area contributed by atoms with Gasteiger partial charge in [-0.2, -0.15) is 0 Å². The van der Waals surface area contributed by atoms with E-state index in [0.717, 1.165) is 39.1 Å². The first-order valence-corrected chi connectivity index (χ1v) is 10.1. The van der Waals surface area contributed by atoms with Crippen LogP contribution in [0.1, 0.15) is 16.1 Å². The van der Waals surface area contributed by atoms with E-state index in [1.807, 2.05) is 54.7 Å². The quantitative estimate of drug-likeness (QED) is 0.333. The van der Waals surface area contributed by atoms with Crippen LogP contribution in [0.4, 0.5) is 13.2 Å². The van der Waals surface area contributed by atoms with E-state index in [0.29, 0.717) is 24.1 Å². The van der Waals surface area contributed by atoms with Gasteiger partial charge in [0.15, 0.2) is 11.6 Å². The number of fused-ring (bicyclic) bond motifs is 2. The fraction of sp³-hybridized carbons (Fsp3) is 0.0870. The summed E-state index contributed by atoms with van der Waals surface area (Å²) < 4.78 is 47.4. The van der Waals surface area contributed by atoms with E-state index in [2.05, 4.69) is 9.97 Å². The van der Waals surface area contributed by atoms with Crippen molar-refractivity contribution in [3.05, 3.63) is 94.4 Å². The van der Waals surface area contributed by atoms with Gasteiger partial charge in [0.05, 0.1) is 9.71 Å². The molecule has 1 N–H and O–H groups in total. The highest BCUT2D eigenvalue weighted by atomic mass is 32.1. The van der Waals surface area contributed by atoms with Gasteiger partial charge >= 0.3 is 0 Å². The molecule has 3 aromatic carbocycles. The first kappa shape index (κ1) is 18.7. The van der Waals surface area contributed by atoms with Gasteiger partial charge in [0, 0.05) is 29.6 Å². The summed E-state index contributed by atoms with van der Waals surface area (Å²) in [6.45, 7) is 0.452. The molecule has 0 fully saturated rings. The van der Waals surface area contributed by atoms with Crippen LogP contribution in [0, 0.1) is 17.5 Å². The lowest BCUT2D eigenvalue weighted by Crippen LogP contribution is -1.95. The third kappa shape index (κ3) is 3.41. The second-order valence-electron chi connectivity index (χ2n) is 6.91. The molecule has 0 spiro atoms. The van der Waals surface area contributed by atoms with Crippen molar-refractivity contribution in [2.45, 2.75) is 13.0 Å². The number of hydrogen-bond acceptors (Lipinski definition) is 3. The van der Waals surface area contributed by atoms with Gasteiger partial charge in [-0.1, -0.05) is 30.3 Å². The Morgan fingerprint density at radius 3 is 2.63 bits per heavy atom. The van der Waals surface area contributed by atoms with E-state index < -0.39 is 17.5 Å². The lowest BCUT2D eigenvalue weighted by molar-refractivity contribution is 0.306. The first-order valence-electron chi connectivity index (χ1n) is 9.28. The van der Waals surface area contributed by atoms with E-state index in [9.17, 15) is 13.2 Å². The van der Waals surface area contributed by atoms with E-state index in [4.69, 9.17) is 4.74 Å². The number of nitrogens with one attached hydrogen (secondary N) is 1. The third-order valence-corrected chi connectivity index (χ3v) is 5.95. The van der Waals surface area contributed by atoms with Gasteiger partial charge in [-0.15, -0.1) is 11.3 Å². The zero-order valence-electron chi connectivity index (χ0n) is 15.6. The molecule has 0 atom stereocenters. The number of hydrogen-bond donors (Lipinski definition) is 1. The Kier molecular flexibility index (Phi) is 4.67. The number of ether oxygens (including phenoxy) is 1. The number of rotatable bonds is 5. The summed E-state index contributed by atoms with van der Waals surface area (Å²) in [7, 11) is 0. The fourth-order valence-electron chi connectivity index (χ4n) is 3.40. The molecule has 5 rings (SSSR count). The minimum atomic E-state index is -1.23. The van der Waals surface area contributed by atoms with Gasteiger partial charge in [-0.3, -0.25) is 0 Å². The van der Waals surface area contributed by atoms with Crippen molar-refractivity contribution in [2.24, 2.45) is 0 Å². The Hall–Kier alpha value is -3.32. The van der Waals surface area contributed by atoms with Gasteiger partial charge in [0.1, 0.15) is 23.7 Å². The summed E-state index contributed by atoms with van der Waals surface area (Å²) in [6, 6.07) is 16.2. The summed E-state index contributed by atoms with van der Waals surface area (Å²) in [5.41, 5.74) is 2.63. The molecule has 0 saturated heterocycles. The maximum absolute atomic E-state index is 14.0. The number of aromatic amines is 1. The third-order valence-electron chi connectivity index (χ3n) is 4.89. The highest BCUT2D eigenvalue weighted by molar-refractivity contribution is 7.18. The second kappa shape index (κ2) is 7.50. The van der Waals surface area contributed by atoms with Crippen molar-refractivity contribution in [2.75, 3.05) is 0 Å². The molecule has 0 unspecified atom stereocenters. The number of benzene rings is 3. The van der Waals surface area contributed by atoms with Gasteiger partial charge in [-0.25, -0.2) is 18.2 Å². The van der Waals surface area contributed by atoms with Crippen molar-refractivity contribution in [3.63, 3.8) is 0 Å². The summed E-state index contributed by atoms with van der Waals surface area (Å²) in [5, 5.41) is 1.44. The SMILES string of the molecule is Fc1cc(F)c2sc(Cc3c[nH]c4ccc(OCc5ccccc5)cc34)nc2c1F. The lowest BCUT2D eigenvalue weighted by atomic mass is 10.1. The topological polar surface area (TPSA) is 37.9 Å². The lowest BCUT2D eigenvalue weighted by Gasteiger charge is -2.07. The zero-order valence-corrected chi connectivity index (χ0v) is 16.4. The van der Waals surface area contributed by atoms with Gasteiger partial charge in [-0.05, 0) is 29.3 Å². The largest absolute Gasteiger partial charge is 0.489 e. The standard InChI is InChI=1S/C23H15F3N2OS/c24-17-10-18(25)23-22(21(17)26)28-20(30-23)8-14-11-27-19-7-6-15(9-16(14)19)29-12-13-4-2-1-3-5-13/h1-7,9-11,27H,8,12H2. The average molecular weight is 424 g/mol. The molecule has 2 aromatic heterocycles. The Bertz CT molecular complexity index is 1360. The van der Waals surface area contributed by atoms with E-state index in [1.165, 1.54) is 0 Å². The number of aromatic nitrogens is 2. The predicted octanol–water partition coefficient (Wildman–Crippen LogP) is 6.36. The second-order valence-corrected chi connectivity index (χ2v) is 8.00. The summed E-state index contributed by atoms with van der Waals surface area (Å²) >= 11 is 1.03. The Morgan fingerprint density at radius 1 is 0.967 bits per heavy atom. The highest BCUT2D eigenvalue weighted by Crippen LogP contribution is 2.32. The van der Waals surface area contributed by atoms with Crippen LogP contribution in [0.15, 0.2) is 60.8 Å². The molecule has 0 radical (unpaired) electrons. The Labute approximate surface area is 173 Å². The minimum absolute atomic E-state index is 0.0237. The van der Waals surface area contributed by atoms with Crippen LogP contribution < -0.4 is 4.74 Å². The van der Waals surface area contributed by atoms with Crippen molar-refractivity contribution in [1.82, 2.24) is 9.97 Å². The van der Waals surface area contributed by atoms with E-state index in [-0.39, 0.29) is 10.2 Å². The van der Waals surface area contributed by atoms with Gasteiger partial charge < -0.3 is 9.72 Å². The number of halogens is 3. The molecule has 0 bridgehead atoms. The van der Waals surface area contributed by atoms with Crippen LogP contribution in [0.25, 0.3) is 21.1 Å². The van der Waals surface area contributed by atoms with Crippen molar-refractivity contribution in [3.8, 4) is 5.75 Å². The highest BCUT2D eigenvalue weighted by Gasteiger charge is 2.18. The zero-order chi connectivity index (χ0) is 20.7. The molecule has 0 saturated carbocycles. The molecule has 0 aliphatic rings. The summed E-state index contributed by atoms with van der Waals surface area (Å²) in [4.78, 5) is 7.32. The molecular formula is C23H15F3N2OS. The fourth-order valence-corrected chi connectivity index (χ4v) is 4.39. The normalized spacial score (nSPS) is 11.4. The molecule has 30 heavy (non-hydrogen) atoms. The number of H-pyrrole nitrogens is 1. The van der Waals surface area contributed by atoms with Gasteiger partial charge in [0.2, 0.25) is 0 Å². The van der Waals surface area contributed by atoms with Gasteiger partial charge in [0.25, 0.3) is 0 Å². The molecule has 0 aliphatic carbocycles. The van der Waals surface area contributed by atoms with Crippen LogP contribution in [0.5, 0.6) is 5.75 Å². The predicted molar refractivity (Wildman–Crippen MR) is 111 cm³/mol. The van der Waals surface area contributed by atoms with Crippen LogP contribution in [-0.2, 0) is 13.0 Å². The monoisotopic (exact) mass is 424 g/mol. The average Bonchev–Trinajstić information content (AvgIpc) is 3.36. The molecule has 0 amide bonds. The maximum Gasteiger partial charge on any atom is 0.186 e. The summed E-state index contributed by atoms with van der Waals surface area (Å²) in [6.07, 6.45) is 2.20.